The third-order valence-electron chi connectivity index (χ3n) is 2.31. The molecule has 2 heteroatoms. The SMILES string of the molecule is O=C1C=CC=C2C=c3sccc3=C12. The molecule has 2 aliphatic rings. The summed E-state index contributed by atoms with van der Waals surface area (Å²) in [5.74, 6) is 0.130. The van der Waals surface area contributed by atoms with E-state index in [1.807, 2.05) is 23.6 Å². The first-order valence-corrected chi connectivity index (χ1v) is 4.97. The fraction of sp³-hybridized carbons (Fsp3) is 0. The molecule has 0 N–H and O–H groups in total. The van der Waals surface area contributed by atoms with Crippen LogP contribution in [0.15, 0.2) is 35.2 Å². The molecule has 0 saturated carbocycles. The van der Waals surface area contributed by atoms with E-state index in [1.165, 1.54) is 4.53 Å². The third-order valence-corrected chi connectivity index (χ3v) is 3.17. The van der Waals surface area contributed by atoms with Gasteiger partial charge in [-0.05, 0) is 29.2 Å². The van der Waals surface area contributed by atoms with Crippen LogP contribution in [0, 0.1) is 0 Å². The highest BCUT2D eigenvalue weighted by Gasteiger charge is 2.18. The summed E-state index contributed by atoms with van der Waals surface area (Å²) in [4.78, 5) is 11.6. The molecule has 2 aliphatic carbocycles. The van der Waals surface area contributed by atoms with Gasteiger partial charge in [0.05, 0.1) is 0 Å². The first-order chi connectivity index (χ1) is 6.36. The van der Waals surface area contributed by atoms with Gasteiger partial charge in [0.15, 0.2) is 5.78 Å². The van der Waals surface area contributed by atoms with Crippen LogP contribution >= 0.6 is 11.3 Å². The summed E-state index contributed by atoms with van der Waals surface area (Å²) in [6.07, 6.45) is 7.51. The minimum absolute atomic E-state index is 0.130. The van der Waals surface area contributed by atoms with E-state index >= 15 is 0 Å². The van der Waals surface area contributed by atoms with Gasteiger partial charge in [-0.2, -0.15) is 0 Å². The van der Waals surface area contributed by atoms with Crippen molar-refractivity contribution in [2.75, 3.05) is 0 Å². The number of thiophene rings is 1. The molecule has 0 saturated heterocycles. The summed E-state index contributed by atoms with van der Waals surface area (Å²) in [6.45, 7) is 0. The maximum atomic E-state index is 11.6. The molecule has 0 radical (unpaired) electrons. The Morgan fingerprint density at radius 1 is 1.31 bits per heavy atom. The normalized spacial score (nSPS) is 18.0. The number of allylic oxidation sites excluding steroid dienone is 4. The minimum Gasteiger partial charge on any atom is -0.289 e. The zero-order valence-corrected chi connectivity index (χ0v) is 7.60. The number of ketones is 1. The van der Waals surface area contributed by atoms with Gasteiger partial charge in [-0.3, -0.25) is 4.79 Å². The highest BCUT2D eigenvalue weighted by molar-refractivity contribution is 7.07. The Labute approximate surface area is 79.0 Å². The maximum Gasteiger partial charge on any atom is 0.187 e. The Hall–Kier alpha value is -1.41. The molecular formula is C11H6OS. The molecule has 0 amide bonds. The molecule has 0 unspecified atom stereocenters. The number of carbonyl (C=O) groups excluding carboxylic acids is 1. The zero-order chi connectivity index (χ0) is 8.84. The quantitative estimate of drug-likeness (QED) is 0.584. The molecule has 0 aromatic carbocycles. The second kappa shape index (κ2) is 2.30. The van der Waals surface area contributed by atoms with Gasteiger partial charge in [0, 0.05) is 15.3 Å². The van der Waals surface area contributed by atoms with Gasteiger partial charge in [0.1, 0.15) is 0 Å². The van der Waals surface area contributed by atoms with Crippen molar-refractivity contribution in [1.29, 1.82) is 0 Å². The number of hydrogen-bond donors (Lipinski definition) is 0. The van der Waals surface area contributed by atoms with Crippen LogP contribution < -0.4 is 9.75 Å². The first-order valence-electron chi connectivity index (χ1n) is 4.09. The van der Waals surface area contributed by atoms with Gasteiger partial charge in [-0.1, -0.05) is 12.2 Å². The lowest BCUT2D eigenvalue weighted by Crippen LogP contribution is -2.19. The van der Waals surface area contributed by atoms with E-state index < -0.39 is 0 Å². The Morgan fingerprint density at radius 2 is 2.23 bits per heavy atom. The van der Waals surface area contributed by atoms with E-state index in [1.54, 1.807) is 17.4 Å². The van der Waals surface area contributed by atoms with Crippen LogP contribution in [0.3, 0.4) is 0 Å². The van der Waals surface area contributed by atoms with Gasteiger partial charge in [0.25, 0.3) is 0 Å². The first kappa shape index (κ1) is 7.04. The topological polar surface area (TPSA) is 17.1 Å². The molecule has 0 fully saturated rings. The number of rotatable bonds is 0. The van der Waals surface area contributed by atoms with Gasteiger partial charge >= 0.3 is 0 Å². The molecule has 13 heavy (non-hydrogen) atoms. The van der Waals surface area contributed by atoms with Gasteiger partial charge in [-0.25, -0.2) is 0 Å². The Morgan fingerprint density at radius 3 is 3.15 bits per heavy atom. The van der Waals surface area contributed by atoms with E-state index in [-0.39, 0.29) is 5.78 Å². The largest absolute Gasteiger partial charge is 0.289 e. The van der Waals surface area contributed by atoms with Crippen molar-refractivity contribution < 1.29 is 4.79 Å². The van der Waals surface area contributed by atoms with E-state index in [0.717, 1.165) is 16.4 Å². The highest BCUT2D eigenvalue weighted by Crippen LogP contribution is 2.20. The molecule has 3 rings (SSSR count). The number of carbonyl (C=O) groups is 1. The summed E-state index contributed by atoms with van der Waals surface area (Å²) in [7, 11) is 0. The van der Waals surface area contributed by atoms with Crippen LogP contribution in [-0.4, -0.2) is 5.78 Å². The lowest BCUT2D eigenvalue weighted by atomic mass is 9.99. The average Bonchev–Trinajstić information content (AvgIpc) is 2.62. The highest BCUT2D eigenvalue weighted by atomic mass is 32.1. The third kappa shape index (κ3) is 0.835. The second-order valence-corrected chi connectivity index (χ2v) is 4.01. The van der Waals surface area contributed by atoms with Crippen LogP contribution in [0.2, 0.25) is 0 Å². The monoisotopic (exact) mass is 186 g/mol. The predicted octanol–water partition coefficient (Wildman–Crippen LogP) is 0.758. The van der Waals surface area contributed by atoms with Crippen LogP contribution in [0.25, 0.3) is 11.6 Å². The second-order valence-electron chi connectivity index (χ2n) is 3.06. The molecule has 0 atom stereocenters. The molecular weight excluding hydrogens is 180 g/mol. The van der Waals surface area contributed by atoms with Crippen LogP contribution in [0.1, 0.15) is 0 Å². The summed E-state index contributed by atoms with van der Waals surface area (Å²) >= 11 is 1.68. The number of fused-ring (bicyclic) bond motifs is 2. The van der Waals surface area contributed by atoms with Gasteiger partial charge < -0.3 is 0 Å². The van der Waals surface area contributed by atoms with E-state index in [4.69, 9.17) is 0 Å². The smallest absolute Gasteiger partial charge is 0.187 e. The molecule has 1 aromatic rings. The summed E-state index contributed by atoms with van der Waals surface area (Å²) in [5.41, 5.74) is 1.94. The fourth-order valence-electron chi connectivity index (χ4n) is 1.74. The fourth-order valence-corrected chi connectivity index (χ4v) is 2.58. The van der Waals surface area contributed by atoms with E-state index in [9.17, 15) is 4.79 Å². The van der Waals surface area contributed by atoms with Gasteiger partial charge in [-0.15, -0.1) is 11.3 Å². The minimum atomic E-state index is 0.130. The van der Waals surface area contributed by atoms with Crippen LogP contribution in [0.5, 0.6) is 0 Å². The van der Waals surface area contributed by atoms with Crippen molar-refractivity contribution in [3.63, 3.8) is 0 Å². The van der Waals surface area contributed by atoms with Gasteiger partial charge in [0.2, 0.25) is 0 Å². The van der Waals surface area contributed by atoms with Crippen LogP contribution in [-0.2, 0) is 4.79 Å². The molecule has 1 nitrogen and oxygen atoms in total. The maximum absolute atomic E-state index is 11.6. The summed E-state index contributed by atoms with van der Waals surface area (Å²) in [6, 6.07) is 2.02. The standard InChI is InChI=1S/C11H6OS/c12-9-3-1-2-7-6-10-8(11(7)9)4-5-13-10/h1-6H. The molecule has 0 aliphatic heterocycles. The number of hydrogen-bond acceptors (Lipinski definition) is 2. The lowest BCUT2D eigenvalue weighted by molar-refractivity contribution is -0.109. The van der Waals surface area contributed by atoms with Crippen molar-refractivity contribution in [2.45, 2.75) is 0 Å². The Kier molecular flexibility index (Phi) is 1.24. The van der Waals surface area contributed by atoms with Crippen LogP contribution in [0.4, 0.5) is 0 Å². The Balaban J connectivity index is 2.51. The summed E-state index contributed by atoms with van der Waals surface area (Å²) in [5, 5.41) is 3.13. The lowest BCUT2D eigenvalue weighted by Gasteiger charge is -2.03. The summed E-state index contributed by atoms with van der Waals surface area (Å²) < 4.78 is 1.21. The molecule has 0 spiro atoms. The van der Waals surface area contributed by atoms with Crippen molar-refractivity contribution in [3.05, 3.63) is 45.0 Å². The molecule has 1 heterocycles. The molecule has 1 aromatic heterocycles. The molecule has 0 bridgehead atoms. The van der Waals surface area contributed by atoms with Crippen molar-refractivity contribution in [3.8, 4) is 0 Å². The molecule has 62 valence electrons. The van der Waals surface area contributed by atoms with E-state index in [2.05, 4.69) is 6.08 Å². The predicted molar refractivity (Wildman–Crippen MR) is 53.7 cm³/mol. The van der Waals surface area contributed by atoms with Crippen molar-refractivity contribution in [2.24, 2.45) is 0 Å². The Bertz CT molecular complexity index is 569. The average molecular weight is 186 g/mol. The van der Waals surface area contributed by atoms with Crippen molar-refractivity contribution in [1.82, 2.24) is 0 Å². The zero-order valence-electron chi connectivity index (χ0n) is 6.78. The van der Waals surface area contributed by atoms with Crippen molar-refractivity contribution >= 4 is 28.8 Å². The van der Waals surface area contributed by atoms with E-state index in [0.29, 0.717) is 0 Å².